The first-order valence-electron chi connectivity index (χ1n) is 6.14. The third-order valence-corrected chi connectivity index (χ3v) is 3.29. The molecule has 0 amide bonds. The molecule has 0 aromatic heterocycles. The maximum atomic E-state index is 12.3. The molecule has 0 radical (unpaired) electrons. The van der Waals surface area contributed by atoms with Crippen LogP contribution in [0.25, 0.3) is 0 Å². The zero-order valence-electron chi connectivity index (χ0n) is 10.0. The molecule has 0 bridgehead atoms. The molecule has 2 heteroatoms. The molecule has 1 atom stereocenters. The third-order valence-electron chi connectivity index (χ3n) is 3.29. The summed E-state index contributed by atoms with van der Waals surface area (Å²) in [5.74, 6) is 0.842. The smallest absolute Gasteiger partial charge is 0.173 e. The van der Waals surface area contributed by atoms with Crippen molar-refractivity contribution in [3.8, 4) is 5.75 Å². The Kier molecular flexibility index (Phi) is 2.85. The number of rotatable bonds is 2. The van der Waals surface area contributed by atoms with Crippen molar-refractivity contribution in [2.75, 3.05) is 6.61 Å². The summed E-state index contributed by atoms with van der Waals surface area (Å²) < 4.78 is 5.66. The van der Waals surface area contributed by atoms with Gasteiger partial charge in [0.1, 0.15) is 5.75 Å². The van der Waals surface area contributed by atoms with E-state index in [0.29, 0.717) is 17.9 Å². The summed E-state index contributed by atoms with van der Waals surface area (Å²) in [4.78, 5) is 12.3. The topological polar surface area (TPSA) is 26.3 Å². The molecule has 3 rings (SSSR count). The van der Waals surface area contributed by atoms with Gasteiger partial charge in [0.25, 0.3) is 0 Å². The van der Waals surface area contributed by atoms with E-state index in [1.807, 2.05) is 54.6 Å². The van der Waals surface area contributed by atoms with Gasteiger partial charge in [-0.25, -0.2) is 0 Å². The van der Waals surface area contributed by atoms with Crippen LogP contribution in [0.5, 0.6) is 5.75 Å². The van der Waals surface area contributed by atoms with Crippen molar-refractivity contribution >= 4 is 5.78 Å². The summed E-state index contributed by atoms with van der Waals surface area (Å²) in [5, 5.41) is 0. The first-order valence-corrected chi connectivity index (χ1v) is 6.14. The molecular weight excluding hydrogens is 224 g/mol. The van der Waals surface area contributed by atoms with E-state index in [4.69, 9.17) is 4.74 Å². The van der Waals surface area contributed by atoms with Crippen LogP contribution in [0.15, 0.2) is 54.6 Å². The van der Waals surface area contributed by atoms with Crippen molar-refractivity contribution in [3.63, 3.8) is 0 Å². The number of ketones is 1. The molecule has 0 aliphatic carbocycles. The summed E-state index contributed by atoms with van der Waals surface area (Å²) in [5.41, 5.74) is 1.89. The molecular formula is C16H14O2. The Balaban J connectivity index is 1.83. The quantitative estimate of drug-likeness (QED) is 0.803. The number of ether oxygens (including phenoxy) is 1. The molecule has 0 saturated carbocycles. The Morgan fingerprint density at radius 3 is 2.56 bits per heavy atom. The lowest BCUT2D eigenvalue weighted by Gasteiger charge is -2.24. The number of Topliss-reactive ketones (excluding diaryl/α,β-unsaturated/α-hetero) is 1. The van der Waals surface area contributed by atoms with E-state index in [1.165, 1.54) is 5.56 Å². The highest BCUT2D eigenvalue weighted by Crippen LogP contribution is 2.28. The first-order chi connectivity index (χ1) is 8.84. The molecule has 0 fully saturated rings. The zero-order valence-corrected chi connectivity index (χ0v) is 10.0. The lowest BCUT2D eigenvalue weighted by Crippen LogP contribution is -2.29. The van der Waals surface area contributed by atoms with Gasteiger partial charge in [0.2, 0.25) is 0 Å². The van der Waals surface area contributed by atoms with Crippen LogP contribution in [0.3, 0.4) is 0 Å². The van der Waals surface area contributed by atoms with Crippen molar-refractivity contribution in [1.82, 2.24) is 0 Å². The second-order valence-electron chi connectivity index (χ2n) is 4.56. The number of carbonyl (C=O) groups is 1. The largest absolute Gasteiger partial charge is 0.492 e. The van der Waals surface area contributed by atoms with E-state index in [-0.39, 0.29) is 11.7 Å². The Morgan fingerprint density at radius 1 is 1.00 bits per heavy atom. The molecule has 0 unspecified atom stereocenters. The monoisotopic (exact) mass is 238 g/mol. The summed E-state index contributed by atoms with van der Waals surface area (Å²) in [6.45, 7) is 0.477. The second-order valence-corrected chi connectivity index (χ2v) is 4.56. The van der Waals surface area contributed by atoms with Gasteiger partial charge in [-0.3, -0.25) is 4.79 Å². The van der Waals surface area contributed by atoms with Crippen LogP contribution in [0.4, 0.5) is 0 Å². The Labute approximate surface area is 106 Å². The molecule has 2 nitrogen and oxygen atoms in total. The highest BCUT2D eigenvalue weighted by atomic mass is 16.5. The Hall–Kier alpha value is -2.09. The standard InChI is InChI=1S/C16H14O2/c17-16-13(10-12-6-2-1-3-7-12)11-18-15-9-5-4-8-14(15)16/h1-9,13H,10-11H2/t13-/m0/s1. The van der Waals surface area contributed by atoms with E-state index in [1.54, 1.807) is 0 Å². The van der Waals surface area contributed by atoms with Gasteiger partial charge in [-0.2, -0.15) is 0 Å². The number of benzene rings is 2. The van der Waals surface area contributed by atoms with Gasteiger partial charge in [-0.05, 0) is 24.1 Å². The van der Waals surface area contributed by atoms with Gasteiger partial charge in [-0.15, -0.1) is 0 Å². The minimum absolute atomic E-state index is 0.0673. The molecule has 1 aliphatic heterocycles. The SMILES string of the molecule is O=C1c2ccccc2OC[C@@H]1Cc1ccccc1. The molecule has 1 heterocycles. The van der Waals surface area contributed by atoms with Crippen LogP contribution in [0, 0.1) is 5.92 Å². The summed E-state index contributed by atoms with van der Waals surface area (Å²) in [6, 6.07) is 17.5. The van der Waals surface area contributed by atoms with Crippen molar-refractivity contribution in [3.05, 3.63) is 65.7 Å². The van der Waals surface area contributed by atoms with Gasteiger partial charge in [0.15, 0.2) is 5.78 Å². The average molecular weight is 238 g/mol. The van der Waals surface area contributed by atoms with E-state index in [2.05, 4.69) is 0 Å². The van der Waals surface area contributed by atoms with Crippen molar-refractivity contribution in [2.45, 2.75) is 6.42 Å². The van der Waals surface area contributed by atoms with Crippen LogP contribution >= 0.6 is 0 Å². The first kappa shape index (κ1) is 11.0. The van der Waals surface area contributed by atoms with E-state index >= 15 is 0 Å². The predicted molar refractivity (Wildman–Crippen MR) is 69.9 cm³/mol. The molecule has 0 saturated heterocycles. The number of hydrogen-bond donors (Lipinski definition) is 0. The maximum absolute atomic E-state index is 12.3. The van der Waals surface area contributed by atoms with Gasteiger partial charge in [0, 0.05) is 0 Å². The van der Waals surface area contributed by atoms with Crippen molar-refractivity contribution < 1.29 is 9.53 Å². The van der Waals surface area contributed by atoms with Gasteiger partial charge >= 0.3 is 0 Å². The fourth-order valence-corrected chi connectivity index (χ4v) is 2.33. The van der Waals surface area contributed by atoms with E-state index in [9.17, 15) is 4.79 Å². The second kappa shape index (κ2) is 4.65. The lowest BCUT2D eigenvalue weighted by molar-refractivity contribution is 0.0830. The minimum atomic E-state index is -0.0673. The molecule has 0 spiro atoms. The van der Waals surface area contributed by atoms with Gasteiger partial charge in [-0.1, -0.05) is 42.5 Å². The molecule has 0 N–H and O–H groups in total. The summed E-state index contributed by atoms with van der Waals surface area (Å²) >= 11 is 0. The minimum Gasteiger partial charge on any atom is -0.492 e. The van der Waals surface area contributed by atoms with Gasteiger partial charge < -0.3 is 4.74 Å². The lowest BCUT2D eigenvalue weighted by atomic mass is 9.90. The van der Waals surface area contributed by atoms with Crippen LogP contribution in [-0.4, -0.2) is 12.4 Å². The van der Waals surface area contributed by atoms with Crippen LogP contribution in [0.1, 0.15) is 15.9 Å². The molecule has 18 heavy (non-hydrogen) atoms. The maximum Gasteiger partial charge on any atom is 0.173 e. The number of carbonyl (C=O) groups excluding carboxylic acids is 1. The van der Waals surface area contributed by atoms with Crippen LogP contribution in [-0.2, 0) is 6.42 Å². The molecule has 2 aromatic carbocycles. The average Bonchev–Trinajstić information content (AvgIpc) is 2.43. The Morgan fingerprint density at radius 2 is 1.72 bits per heavy atom. The van der Waals surface area contributed by atoms with Gasteiger partial charge in [0.05, 0.1) is 18.1 Å². The van der Waals surface area contributed by atoms with Crippen LogP contribution in [0.2, 0.25) is 0 Å². The number of fused-ring (bicyclic) bond motifs is 1. The number of hydrogen-bond acceptors (Lipinski definition) is 2. The molecule has 2 aromatic rings. The summed E-state index contributed by atoms with van der Waals surface area (Å²) in [7, 11) is 0. The Bertz CT molecular complexity index is 560. The molecule has 1 aliphatic rings. The third kappa shape index (κ3) is 2.02. The predicted octanol–water partition coefficient (Wildman–Crippen LogP) is 3.12. The highest BCUT2D eigenvalue weighted by molar-refractivity contribution is 6.01. The van der Waals surface area contributed by atoms with Crippen molar-refractivity contribution in [2.24, 2.45) is 5.92 Å². The van der Waals surface area contributed by atoms with E-state index < -0.39 is 0 Å². The van der Waals surface area contributed by atoms with E-state index in [0.717, 1.165) is 6.42 Å². The van der Waals surface area contributed by atoms with Crippen LogP contribution < -0.4 is 4.74 Å². The fourth-order valence-electron chi connectivity index (χ4n) is 2.33. The zero-order chi connectivity index (χ0) is 12.4. The number of para-hydroxylation sites is 1. The fraction of sp³-hybridized carbons (Fsp3) is 0.188. The van der Waals surface area contributed by atoms with Crippen molar-refractivity contribution in [1.29, 1.82) is 0 Å². The highest BCUT2D eigenvalue weighted by Gasteiger charge is 2.28. The molecule has 90 valence electrons. The summed E-state index contributed by atoms with van der Waals surface area (Å²) in [6.07, 6.45) is 0.744. The normalized spacial score (nSPS) is 18.0.